The SMILES string of the molecule is O=C(NC1CCOC2(CCCCC2)C1)c1[nH]ncc1F. The molecular weight excluding hydrogens is 261 g/mol. The van der Waals surface area contributed by atoms with Crippen LogP contribution in [0.5, 0.6) is 0 Å². The maximum Gasteiger partial charge on any atom is 0.272 e. The predicted octanol–water partition coefficient (Wildman–Crippen LogP) is 2.16. The molecule has 1 spiro atoms. The van der Waals surface area contributed by atoms with Gasteiger partial charge in [0.05, 0.1) is 11.8 Å². The lowest BCUT2D eigenvalue weighted by Gasteiger charge is -2.43. The smallest absolute Gasteiger partial charge is 0.272 e. The van der Waals surface area contributed by atoms with Gasteiger partial charge in [-0.2, -0.15) is 5.10 Å². The molecule has 3 rings (SSSR count). The number of aromatic nitrogens is 2. The maximum absolute atomic E-state index is 13.3. The van der Waals surface area contributed by atoms with Crippen LogP contribution in [-0.4, -0.2) is 34.4 Å². The number of H-pyrrole nitrogens is 1. The molecule has 1 aromatic rings. The molecule has 1 aromatic heterocycles. The quantitative estimate of drug-likeness (QED) is 0.873. The fourth-order valence-electron chi connectivity index (χ4n) is 3.38. The number of hydrogen-bond donors (Lipinski definition) is 2. The van der Waals surface area contributed by atoms with Crippen LogP contribution in [-0.2, 0) is 4.74 Å². The first kappa shape index (κ1) is 13.5. The van der Waals surface area contributed by atoms with Crippen LogP contribution in [0.15, 0.2) is 6.20 Å². The number of amides is 1. The normalized spacial score (nSPS) is 25.6. The summed E-state index contributed by atoms with van der Waals surface area (Å²) in [6.45, 7) is 0.663. The van der Waals surface area contributed by atoms with Gasteiger partial charge in [0.15, 0.2) is 11.5 Å². The van der Waals surface area contributed by atoms with Crippen LogP contribution < -0.4 is 5.32 Å². The number of carbonyl (C=O) groups is 1. The summed E-state index contributed by atoms with van der Waals surface area (Å²) in [4.78, 5) is 12.0. The molecule has 1 unspecified atom stereocenters. The van der Waals surface area contributed by atoms with Crippen molar-refractivity contribution >= 4 is 5.91 Å². The number of carbonyl (C=O) groups excluding carboxylic acids is 1. The van der Waals surface area contributed by atoms with E-state index in [1.165, 1.54) is 19.3 Å². The first-order chi connectivity index (χ1) is 9.69. The van der Waals surface area contributed by atoms with Crippen molar-refractivity contribution in [3.8, 4) is 0 Å². The molecule has 1 saturated carbocycles. The van der Waals surface area contributed by atoms with Crippen molar-refractivity contribution in [1.29, 1.82) is 0 Å². The van der Waals surface area contributed by atoms with Crippen LogP contribution in [0.4, 0.5) is 4.39 Å². The Morgan fingerprint density at radius 1 is 1.45 bits per heavy atom. The third-order valence-electron chi connectivity index (χ3n) is 4.41. The summed E-state index contributed by atoms with van der Waals surface area (Å²) in [5.74, 6) is -1.03. The number of aromatic amines is 1. The van der Waals surface area contributed by atoms with Crippen molar-refractivity contribution in [2.24, 2.45) is 0 Å². The van der Waals surface area contributed by atoms with Crippen molar-refractivity contribution in [3.63, 3.8) is 0 Å². The lowest BCUT2D eigenvalue weighted by atomic mass is 9.78. The molecule has 0 aromatic carbocycles. The molecule has 2 aliphatic rings. The summed E-state index contributed by atoms with van der Waals surface area (Å²) in [5.41, 5.74) is -0.157. The van der Waals surface area contributed by atoms with Crippen molar-refractivity contribution in [2.45, 2.75) is 56.6 Å². The van der Waals surface area contributed by atoms with Gasteiger partial charge in [0, 0.05) is 12.6 Å². The number of hydrogen-bond acceptors (Lipinski definition) is 3. The second-order valence-corrected chi connectivity index (χ2v) is 5.85. The summed E-state index contributed by atoms with van der Waals surface area (Å²) in [6.07, 6.45) is 8.40. The van der Waals surface area contributed by atoms with Crippen molar-refractivity contribution in [1.82, 2.24) is 15.5 Å². The number of ether oxygens (including phenoxy) is 1. The first-order valence-electron chi connectivity index (χ1n) is 7.32. The summed E-state index contributed by atoms with van der Waals surface area (Å²) in [6, 6.07) is 0.0528. The zero-order valence-electron chi connectivity index (χ0n) is 11.5. The van der Waals surface area contributed by atoms with Gasteiger partial charge in [-0.05, 0) is 25.7 Å². The summed E-state index contributed by atoms with van der Waals surface area (Å²) >= 11 is 0. The van der Waals surface area contributed by atoms with Gasteiger partial charge in [-0.25, -0.2) is 4.39 Å². The van der Waals surface area contributed by atoms with Crippen LogP contribution in [0.25, 0.3) is 0 Å². The summed E-state index contributed by atoms with van der Waals surface area (Å²) < 4.78 is 19.3. The van der Waals surface area contributed by atoms with E-state index in [1.54, 1.807) is 0 Å². The van der Waals surface area contributed by atoms with Gasteiger partial charge >= 0.3 is 0 Å². The highest BCUT2D eigenvalue weighted by Gasteiger charge is 2.39. The zero-order chi connectivity index (χ0) is 14.0. The molecule has 20 heavy (non-hydrogen) atoms. The largest absolute Gasteiger partial charge is 0.375 e. The Kier molecular flexibility index (Phi) is 3.74. The first-order valence-corrected chi connectivity index (χ1v) is 7.32. The third kappa shape index (κ3) is 2.70. The van der Waals surface area contributed by atoms with Gasteiger partial charge in [0.25, 0.3) is 5.91 Å². The Balaban J connectivity index is 1.63. The van der Waals surface area contributed by atoms with E-state index in [1.807, 2.05) is 0 Å². The average Bonchev–Trinajstić information content (AvgIpc) is 2.86. The Labute approximate surface area is 117 Å². The van der Waals surface area contributed by atoms with Crippen LogP contribution >= 0.6 is 0 Å². The van der Waals surface area contributed by atoms with E-state index in [-0.39, 0.29) is 17.3 Å². The molecule has 1 atom stereocenters. The fraction of sp³-hybridized carbons (Fsp3) is 0.714. The van der Waals surface area contributed by atoms with Gasteiger partial charge in [-0.3, -0.25) is 9.89 Å². The monoisotopic (exact) mass is 281 g/mol. The lowest BCUT2D eigenvalue weighted by molar-refractivity contribution is -0.108. The standard InChI is InChI=1S/C14H20FN3O2/c15-11-9-16-18-12(11)13(19)17-10-4-7-20-14(8-10)5-2-1-3-6-14/h9-10H,1-8H2,(H,16,18)(H,17,19). The lowest BCUT2D eigenvalue weighted by Crippen LogP contribution is -2.49. The number of halogens is 1. The van der Waals surface area contributed by atoms with E-state index < -0.39 is 11.7 Å². The van der Waals surface area contributed by atoms with Crippen LogP contribution in [0.3, 0.4) is 0 Å². The Morgan fingerprint density at radius 2 is 2.25 bits per heavy atom. The van der Waals surface area contributed by atoms with E-state index in [9.17, 15) is 9.18 Å². The van der Waals surface area contributed by atoms with E-state index in [0.29, 0.717) is 6.61 Å². The topological polar surface area (TPSA) is 67.0 Å². The average molecular weight is 281 g/mol. The van der Waals surface area contributed by atoms with E-state index in [4.69, 9.17) is 4.74 Å². The van der Waals surface area contributed by atoms with Gasteiger partial charge in [-0.15, -0.1) is 0 Å². The highest BCUT2D eigenvalue weighted by Crippen LogP contribution is 2.38. The molecule has 2 heterocycles. The molecule has 0 bridgehead atoms. The van der Waals surface area contributed by atoms with E-state index >= 15 is 0 Å². The number of rotatable bonds is 2. The zero-order valence-corrected chi connectivity index (χ0v) is 11.5. The second-order valence-electron chi connectivity index (χ2n) is 5.85. The molecule has 2 N–H and O–H groups in total. The van der Waals surface area contributed by atoms with E-state index in [0.717, 1.165) is 31.9 Å². The minimum Gasteiger partial charge on any atom is -0.375 e. The van der Waals surface area contributed by atoms with Gasteiger partial charge < -0.3 is 10.1 Å². The molecule has 110 valence electrons. The van der Waals surface area contributed by atoms with Gasteiger partial charge in [0.2, 0.25) is 0 Å². The fourth-order valence-corrected chi connectivity index (χ4v) is 3.38. The second kappa shape index (κ2) is 5.52. The predicted molar refractivity (Wildman–Crippen MR) is 70.8 cm³/mol. The van der Waals surface area contributed by atoms with Crippen molar-refractivity contribution < 1.29 is 13.9 Å². The highest BCUT2D eigenvalue weighted by molar-refractivity contribution is 5.92. The number of nitrogens with zero attached hydrogens (tertiary/aromatic N) is 1. The third-order valence-corrected chi connectivity index (χ3v) is 4.41. The van der Waals surface area contributed by atoms with Crippen LogP contribution in [0, 0.1) is 5.82 Å². The molecule has 6 heteroatoms. The summed E-state index contributed by atoms with van der Waals surface area (Å²) in [5, 5.41) is 8.83. The van der Waals surface area contributed by atoms with Crippen molar-refractivity contribution in [3.05, 3.63) is 17.7 Å². The Morgan fingerprint density at radius 3 is 2.95 bits per heavy atom. The van der Waals surface area contributed by atoms with Gasteiger partial charge in [0.1, 0.15) is 0 Å². The van der Waals surface area contributed by atoms with E-state index in [2.05, 4.69) is 15.5 Å². The molecule has 1 saturated heterocycles. The number of nitrogens with one attached hydrogen (secondary N) is 2. The molecule has 1 amide bonds. The van der Waals surface area contributed by atoms with Gasteiger partial charge in [-0.1, -0.05) is 19.3 Å². The summed E-state index contributed by atoms with van der Waals surface area (Å²) in [7, 11) is 0. The minimum absolute atomic E-state index is 0.0528. The molecule has 1 aliphatic carbocycles. The Bertz CT molecular complexity index is 477. The molecule has 0 radical (unpaired) electrons. The molecule has 2 fully saturated rings. The highest BCUT2D eigenvalue weighted by atomic mass is 19.1. The minimum atomic E-state index is -0.609. The van der Waals surface area contributed by atoms with Crippen molar-refractivity contribution in [2.75, 3.05) is 6.61 Å². The maximum atomic E-state index is 13.3. The molecular formula is C14H20FN3O2. The van der Waals surface area contributed by atoms with Crippen LogP contribution in [0.2, 0.25) is 0 Å². The molecule has 1 aliphatic heterocycles. The van der Waals surface area contributed by atoms with Crippen LogP contribution in [0.1, 0.15) is 55.4 Å². The Hall–Kier alpha value is -1.43. The molecule has 5 nitrogen and oxygen atoms in total.